The molecule has 1 aliphatic heterocycles. The Morgan fingerprint density at radius 2 is 1.75 bits per heavy atom. The Morgan fingerprint density at radius 3 is 2.25 bits per heavy atom. The Balaban J connectivity index is 2.73. The number of hydrogen-bond donors (Lipinski definition) is 2. The number of benzene rings is 1. The molecule has 20 heavy (non-hydrogen) atoms. The molecule has 0 saturated carbocycles. The molecule has 0 aromatic heterocycles. The maximum atomic E-state index is 11.3. The zero-order valence-electron chi connectivity index (χ0n) is 9.96. The molecule has 1 aromatic carbocycles. The van der Waals surface area contributed by atoms with Gasteiger partial charge in [0.15, 0.2) is 6.04 Å². The maximum absolute atomic E-state index is 11.3. The molecule has 0 saturated heterocycles. The Morgan fingerprint density at radius 1 is 1.10 bits per heavy atom. The van der Waals surface area contributed by atoms with Gasteiger partial charge in [-0.15, -0.1) is 0 Å². The fraction of sp³-hybridized carbons (Fsp3) is 0.167. The second-order valence-corrected chi connectivity index (χ2v) is 3.94. The summed E-state index contributed by atoms with van der Waals surface area (Å²) in [5.74, 6) is 0. The first kappa shape index (κ1) is 13.2. The molecule has 8 nitrogen and oxygen atoms in total. The van der Waals surface area contributed by atoms with Crippen LogP contribution in [0.15, 0.2) is 24.3 Å². The van der Waals surface area contributed by atoms with Crippen LogP contribution in [0.5, 0.6) is 0 Å². The SMILES string of the molecule is N#CC1c2ccccc2N(C(=O)O)C(C#N)N1C(=O)O. The maximum Gasteiger partial charge on any atom is 0.414 e. The van der Waals surface area contributed by atoms with E-state index >= 15 is 0 Å². The molecule has 0 aliphatic carbocycles. The van der Waals surface area contributed by atoms with Crippen LogP contribution >= 0.6 is 0 Å². The summed E-state index contributed by atoms with van der Waals surface area (Å²) in [7, 11) is 0. The van der Waals surface area contributed by atoms with Crippen molar-refractivity contribution in [3.8, 4) is 12.1 Å². The van der Waals surface area contributed by atoms with Crippen LogP contribution in [0, 0.1) is 22.7 Å². The molecule has 100 valence electrons. The van der Waals surface area contributed by atoms with Gasteiger partial charge in [0.2, 0.25) is 6.17 Å². The summed E-state index contributed by atoms with van der Waals surface area (Å²) >= 11 is 0. The summed E-state index contributed by atoms with van der Waals surface area (Å²) in [5.41, 5.74) is 0.363. The predicted octanol–water partition coefficient (Wildman–Crippen LogP) is 1.58. The summed E-state index contributed by atoms with van der Waals surface area (Å²) in [6.45, 7) is 0. The van der Waals surface area contributed by atoms with Gasteiger partial charge >= 0.3 is 12.2 Å². The lowest BCUT2D eigenvalue weighted by atomic mass is 9.99. The van der Waals surface area contributed by atoms with Crippen LogP contribution in [-0.4, -0.2) is 33.5 Å². The molecule has 1 heterocycles. The van der Waals surface area contributed by atoms with Crippen LogP contribution in [0.2, 0.25) is 0 Å². The molecule has 2 atom stereocenters. The monoisotopic (exact) mass is 272 g/mol. The van der Waals surface area contributed by atoms with Gasteiger partial charge in [0.05, 0.1) is 11.8 Å². The number of nitrogens with zero attached hydrogens (tertiary/aromatic N) is 4. The normalized spacial score (nSPS) is 20.5. The molecule has 8 heteroatoms. The van der Waals surface area contributed by atoms with Crippen molar-refractivity contribution in [3.63, 3.8) is 0 Å². The molecule has 0 spiro atoms. The topological polar surface area (TPSA) is 129 Å². The lowest BCUT2D eigenvalue weighted by Gasteiger charge is -2.40. The van der Waals surface area contributed by atoms with Gasteiger partial charge in [0, 0.05) is 5.56 Å². The van der Waals surface area contributed by atoms with E-state index in [1.54, 1.807) is 24.3 Å². The van der Waals surface area contributed by atoms with Gasteiger partial charge in [-0.3, -0.25) is 4.90 Å². The zero-order chi connectivity index (χ0) is 14.9. The Kier molecular flexibility index (Phi) is 3.15. The van der Waals surface area contributed by atoms with Gasteiger partial charge in [0.25, 0.3) is 0 Å². The van der Waals surface area contributed by atoms with Crippen molar-refractivity contribution in [1.29, 1.82) is 10.5 Å². The third-order valence-electron chi connectivity index (χ3n) is 2.94. The molecule has 0 bridgehead atoms. The number of nitriles is 2. The lowest BCUT2D eigenvalue weighted by molar-refractivity contribution is 0.116. The minimum absolute atomic E-state index is 0.135. The van der Waals surface area contributed by atoms with Gasteiger partial charge in [-0.25, -0.2) is 14.5 Å². The number of fused-ring (bicyclic) bond motifs is 1. The zero-order valence-corrected chi connectivity index (χ0v) is 9.96. The van der Waals surface area contributed by atoms with Crippen LogP contribution < -0.4 is 4.90 Å². The van der Waals surface area contributed by atoms with Crippen molar-refractivity contribution in [2.24, 2.45) is 0 Å². The van der Waals surface area contributed by atoms with Crippen LogP contribution in [0.25, 0.3) is 0 Å². The van der Waals surface area contributed by atoms with Gasteiger partial charge in [-0.05, 0) is 6.07 Å². The first-order chi connectivity index (χ1) is 9.52. The fourth-order valence-corrected chi connectivity index (χ4v) is 2.16. The van der Waals surface area contributed by atoms with E-state index in [-0.39, 0.29) is 11.3 Å². The van der Waals surface area contributed by atoms with E-state index in [2.05, 4.69) is 0 Å². The molecular formula is C12H8N4O4. The summed E-state index contributed by atoms with van der Waals surface area (Å²) < 4.78 is 0. The minimum Gasteiger partial charge on any atom is -0.465 e. The number of anilines is 1. The number of hydrogen-bond acceptors (Lipinski definition) is 4. The molecule has 0 radical (unpaired) electrons. The average molecular weight is 272 g/mol. The molecular weight excluding hydrogens is 264 g/mol. The van der Waals surface area contributed by atoms with Gasteiger partial charge < -0.3 is 10.2 Å². The van der Waals surface area contributed by atoms with E-state index in [4.69, 9.17) is 10.5 Å². The highest BCUT2D eigenvalue weighted by atomic mass is 16.4. The van der Waals surface area contributed by atoms with Crippen LogP contribution in [-0.2, 0) is 0 Å². The fourth-order valence-electron chi connectivity index (χ4n) is 2.16. The molecule has 1 aromatic rings. The first-order valence-electron chi connectivity index (χ1n) is 5.44. The van der Waals surface area contributed by atoms with Crippen molar-refractivity contribution >= 4 is 17.9 Å². The number of amides is 2. The Labute approximate surface area is 113 Å². The summed E-state index contributed by atoms with van der Waals surface area (Å²) in [4.78, 5) is 23.8. The highest BCUT2D eigenvalue weighted by Gasteiger charge is 2.44. The number of para-hydroxylation sites is 1. The molecule has 1 aliphatic rings. The largest absolute Gasteiger partial charge is 0.465 e. The molecule has 2 N–H and O–H groups in total. The van der Waals surface area contributed by atoms with E-state index in [0.717, 1.165) is 0 Å². The molecule has 2 amide bonds. The third kappa shape index (κ3) is 1.76. The minimum atomic E-state index is -1.61. The van der Waals surface area contributed by atoms with E-state index in [9.17, 15) is 19.8 Å². The van der Waals surface area contributed by atoms with Crippen molar-refractivity contribution < 1.29 is 19.8 Å². The van der Waals surface area contributed by atoms with Crippen molar-refractivity contribution in [1.82, 2.24) is 4.90 Å². The molecule has 0 fully saturated rings. The second kappa shape index (κ2) is 4.78. The van der Waals surface area contributed by atoms with Gasteiger partial charge in [0.1, 0.15) is 6.07 Å². The van der Waals surface area contributed by atoms with Crippen LogP contribution in [0.4, 0.5) is 15.3 Å². The van der Waals surface area contributed by atoms with Crippen molar-refractivity contribution in [2.75, 3.05) is 4.90 Å². The highest BCUT2D eigenvalue weighted by molar-refractivity contribution is 5.91. The molecule has 2 unspecified atom stereocenters. The number of carbonyl (C=O) groups is 2. The van der Waals surface area contributed by atoms with E-state index < -0.39 is 24.4 Å². The summed E-state index contributed by atoms with van der Waals surface area (Å²) in [6.07, 6.45) is -4.61. The van der Waals surface area contributed by atoms with Crippen molar-refractivity contribution in [2.45, 2.75) is 12.2 Å². The summed E-state index contributed by atoms with van der Waals surface area (Å²) in [5, 5.41) is 36.7. The van der Waals surface area contributed by atoms with Gasteiger partial charge in [-0.1, -0.05) is 18.2 Å². The predicted molar refractivity (Wildman–Crippen MR) is 64.6 cm³/mol. The standard InChI is InChI=1S/C12H8N4O4/c13-5-9-7-3-1-2-4-8(7)15(11(17)18)10(6-14)16(9)12(19)20/h1-4,9-10H,(H,17,18)(H,19,20). The number of rotatable bonds is 0. The lowest BCUT2D eigenvalue weighted by Crippen LogP contribution is -2.56. The van der Waals surface area contributed by atoms with E-state index in [1.165, 1.54) is 12.1 Å². The smallest absolute Gasteiger partial charge is 0.414 e. The van der Waals surface area contributed by atoms with E-state index in [1.807, 2.05) is 0 Å². The number of carboxylic acid groups (broad SMARTS) is 2. The third-order valence-corrected chi connectivity index (χ3v) is 2.94. The summed E-state index contributed by atoms with van der Waals surface area (Å²) in [6, 6.07) is 8.17. The quantitative estimate of drug-likeness (QED) is 0.737. The van der Waals surface area contributed by atoms with Crippen LogP contribution in [0.1, 0.15) is 11.6 Å². The van der Waals surface area contributed by atoms with Crippen molar-refractivity contribution in [3.05, 3.63) is 29.8 Å². The average Bonchev–Trinajstić information content (AvgIpc) is 2.43. The van der Waals surface area contributed by atoms with Gasteiger partial charge in [-0.2, -0.15) is 10.5 Å². The Bertz CT molecular complexity index is 660. The first-order valence-corrected chi connectivity index (χ1v) is 5.44. The molecule has 2 rings (SSSR count). The Hall–Kier alpha value is -3.26. The second-order valence-electron chi connectivity index (χ2n) is 3.94. The van der Waals surface area contributed by atoms with Crippen LogP contribution in [0.3, 0.4) is 0 Å². The highest BCUT2D eigenvalue weighted by Crippen LogP contribution is 2.38. The van der Waals surface area contributed by atoms with E-state index in [0.29, 0.717) is 9.80 Å².